The molecule has 0 spiro atoms. The molecule has 0 saturated carbocycles. The maximum Gasteiger partial charge on any atom is 0.323 e. The number of rotatable bonds is 18. The fourth-order valence-electron chi connectivity index (χ4n) is 5.23. The van der Waals surface area contributed by atoms with Gasteiger partial charge in [0.05, 0.1) is 5.52 Å². The van der Waals surface area contributed by atoms with E-state index in [1.165, 1.54) is 32.1 Å². The third-order valence-electron chi connectivity index (χ3n) is 7.69. The Hall–Kier alpha value is -3.70. The summed E-state index contributed by atoms with van der Waals surface area (Å²) < 4.78 is 11.5. The minimum absolute atomic E-state index is 0.0648. The Bertz CT molecular complexity index is 1290. The number of ether oxygens (including phenoxy) is 2. The number of unbranched alkanes of at least 4 members (excludes halogenated alkanes) is 5. The number of benzene rings is 2. The van der Waals surface area contributed by atoms with Gasteiger partial charge in [-0.1, -0.05) is 45.1 Å². The number of anilines is 1. The van der Waals surface area contributed by atoms with Crippen LogP contribution < -0.4 is 31.1 Å². The lowest BCUT2D eigenvalue weighted by atomic mass is 10.0. The summed E-state index contributed by atoms with van der Waals surface area (Å²) in [4.78, 5) is 31.3. The molecule has 0 radical (unpaired) electrons. The second-order valence-corrected chi connectivity index (χ2v) is 11.2. The molecule has 1 aliphatic heterocycles. The van der Waals surface area contributed by atoms with Gasteiger partial charge in [0.1, 0.15) is 36.3 Å². The third kappa shape index (κ3) is 10.8. The van der Waals surface area contributed by atoms with Crippen molar-refractivity contribution in [2.24, 2.45) is 0 Å². The number of likely N-dealkylation sites (tertiary alicyclic amines) is 1. The largest absolute Gasteiger partial charge is 0.492 e. The highest BCUT2D eigenvalue weighted by molar-refractivity contribution is 5.81. The number of aromatic amines is 2. The molecule has 3 aromatic rings. The predicted octanol–water partition coefficient (Wildman–Crippen LogP) is 4.21. The van der Waals surface area contributed by atoms with Gasteiger partial charge in [-0.2, -0.15) is 0 Å². The number of nitrogens with one attached hydrogen (secondary N) is 5. The van der Waals surface area contributed by atoms with Gasteiger partial charge in [0, 0.05) is 44.5 Å². The van der Waals surface area contributed by atoms with Crippen LogP contribution in [0.1, 0.15) is 58.3 Å². The Morgan fingerprint density at radius 1 is 1.00 bits per heavy atom. The number of piperidine rings is 1. The number of carbonyl (C=O) groups excluding carboxylic acids is 1. The van der Waals surface area contributed by atoms with Crippen LogP contribution >= 0.6 is 0 Å². The van der Waals surface area contributed by atoms with Crippen molar-refractivity contribution in [2.75, 3.05) is 51.3 Å². The van der Waals surface area contributed by atoms with Gasteiger partial charge in [-0.05, 0) is 55.7 Å². The van der Waals surface area contributed by atoms with Gasteiger partial charge in [-0.3, -0.25) is 0 Å². The molecular weight excluding hydrogens is 548 g/mol. The zero-order valence-electron chi connectivity index (χ0n) is 25.3. The molecule has 0 unspecified atom stereocenters. The monoisotopic (exact) mass is 596 g/mol. The van der Waals surface area contributed by atoms with Gasteiger partial charge < -0.3 is 45.4 Å². The zero-order chi connectivity index (χ0) is 30.3. The number of fused-ring (bicyclic) bond motifs is 1. The number of aliphatic hydroxyl groups is 1. The Balaban J connectivity index is 1.04. The molecule has 1 aromatic heterocycles. The second-order valence-electron chi connectivity index (χ2n) is 11.2. The van der Waals surface area contributed by atoms with Crippen LogP contribution in [-0.4, -0.2) is 84.1 Å². The number of imidazole rings is 1. The summed E-state index contributed by atoms with van der Waals surface area (Å²) in [7, 11) is 0. The number of aliphatic hydroxyl groups excluding tert-OH is 1. The number of carbonyl (C=O) groups is 1. The van der Waals surface area contributed by atoms with Gasteiger partial charge >= 0.3 is 11.7 Å². The molecule has 0 bridgehead atoms. The Kier molecular flexibility index (Phi) is 13.1. The van der Waals surface area contributed by atoms with Crippen molar-refractivity contribution in [2.45, 2.75) is 70.4 Å². The highest BCUT2D eigenvalue weighted by Crippen LogP contribution is 2.22. The predicted molar refractivity (Wildman–Crippen MR) is 170 cm³/mol. The average Bonchev–Trinajstić information content (AvgIpc) is 3.41. The molecule has 2 amide bonds. The maximum absolute atomic E-state index is 12.5. The number of nitrogens with zero attached hydrogens (tertiary/aromatic N) is 1. The van der Waals surface area contributed by atoms with E-state index in [4.69, 9.17) is 9.47 Å². The van der Waals surface area contributed by atoms with Crippen LogP contribution in [0.2, 0.25) is 0 Å². The van der Waals surface area contributed by atoms with Crippen molar-refractivity contribution in [3.8, 4) is 11.5 Å². The first kappa shape index (κ1) is 32.2. The number of H-pyrrole nitrogens is 2. The van der Waals surface area contributed by atoms with Gasteiger partial charge in [-0.15, -0.1) is 0 Å². The first-order chi connectivity index (χ1) is 21.0. The molecule has 236 valence electrons. The van der Waals surface area contributed by atoms with Crippen molar-refractivity contribution in [1.82, 2.24) is 25.5 Å². The van der Waals surface area contributed by atoms with Crippen LogP contribution in [0.15, 0.2) is 47.3 Å². The van der Waals surface area contributed by atoms with Crippen LogP contribution in [0.4, 0.5) is 10.5 Å². The van der Waals surface area contributed by atoms with E-state index in [0.717, 1.165) is 50.3 Å². The molecule has 1 saturated heterocycles. The molecule has 1 fully saturated rings. The maximum atomic E-state index is 12.5. The Morgan fingerprint density at radius 2 is 1.77 bits per heavy atom. The lowest BCUT2D eigenvalue weighted by molar-refractivity contribution is 0.106. The molecular formula is C32H48N6O5. The summed E-state index contributed by atoms with van der Waals surface area (Å²) in [6, 6.07) is 13.7. The Labute approximate surface area is 253 Å². The Morgan fingerprint density at radius 3 is 2.56 bits per heavy atom. The van der Waals surface area contributed by atoms with Crippen molar-refractivity contribution < 1.29 is 19.4 Å². The molecule has 2 aromatic carbocycles. The van der Waals surface area contributed by atoms with Gasteiger partial charge in [0.25, 0.3) is 0 Å². The zero-order valence-corrected chi connectivity index (χ0v) is 25.3. The molecule has 11 heteroatoms. The number of para-hydroxylation sites is 1. The first-order valence-corrected chi connectivity index (χ1v) is 15.8. The van der Waals surface area contributed by atoms with E-state index in [-0.39, 0.29) is 18.3 Å². The molecule has 11 nitrogen and oxygen atoms in total. The molecule has 1 atom stereocenters. The van der Waals surface area contributed by atoms with Crippen LogP contribution in [0.25, 0.3) is 11.0 Å². The summed E-state index contributed by atoms with van der Waals surface area (Å²) in [5.74, 6) is 1.30. The van der Waals surface area contributed by atoms with E-state index in [1.807, 2.05) is 29.2 Å². The molecule has 2 heterocycles. The van der Waals surface area contributed by atoms with Crippen molar-refractivity contribution in [3.63, 3.8) is 0 Å². The average molecular weight is 597 g/mol. The fraction of sp³-hybridized carbons (Fsp3) is 0.562. The number of hydrogen-bond donors (Lipinski definition) is 6. The van der Waals surface area contributed by atoms with Gasteiger partial charge in [0.15, 0.2) is 0 Å². The summed E-state index contributed by atoms with van der Waals surface area (Å²) in [6.45, 7) is 6.00. The van der Waals surface area contributed by atoms with E-state index in [9.17, 15) is 14.7 Å². The first-order valence-electron chi connectivity index (χ1n) is 15.8. The molecule has 6 N–H and O–H groups in total. The third-order valence-corrected chi connectivity index (χ3v) is 7.69. The molecule has 0 aliphatic carbocycles. The number of urea groups is 1. The molecule has 43 heavy (non-hydrogen) atoms. The van der Waals surface area contributed by atoms with Crippen LogP contribution in [0.5, 0.6) is 11.5 Å². The summed E-state index contributed by atoms with van der Waals surface area (Å²) in [5, 5.41) is 20.1. The van der Waals surface area contributed by atoms with E-state index in [2.05, 4.69) is 32.8 Å². The topological polar surface area (TPSA) is 144 Å². The number of aromatic nitrogens is 2. The minimum Gasteiger partial charge on any atom is -0.492 e. The smallest absolute Gasteiger partial charge is 0.323 e. The second kappa shape index (κ2) is 17.4. The van der Waals surface area contributed by atoms with E-state index in [1.54, 1.807) is 18.2 Å². The summed E-state index contributed by atoms with van der Waals surface area (Å²) in [5.41, 5.74) is 2.00. The van der Waals surface area contributed by atoms with Crippen LogP contribution in [0.3, 0.4) is 0 Å². The minimum atomic E-state index is -0.711. The van der Waals surface area contributed by atoms with E-state index >= 15 is 0 Å². The van der Waals surface area contributed by atoms with Gasteiger partial charge in [-0.25, -0.2) is 9.59 Å². The SMILES string of the molecule is CCCCCCCCNC(=O)N1CCC(Nc2ccc(OCCNC[C@H](O)COc3cccc4[nH]c(=O)[nH]c34)cc2)CC1. The van der Waals surface area contributed by atoms with Crippen LogP contribution in [-0.2, 0) is 0 Å². The number of amides is 2. The van der Waals surface area contributed by atoms with E-state index in [0.29, 0.717) is 42.5 Å². The normalized spacial score (nSPS) is 14.5. The van der Waals surface area contributed by atoms with E-state index < -0.39 is 6.10 Å². The summed E-state index contributed by atoms with van der Waals surface area (Å²) >= 11 is 0. The highest BCUT2D eigenvalue weighted by Gasteiger charge is 2.22. The standard InChI is InChI=1S/C32H48N6O5/c1-2-3-4-5-6-7-17-34-32(41)38-19-15-25(16-20-38)35-24-11-13-27(14-12-24)42-21-18-33-22-26(39)23-43-29-10-8-9-28-30(29)37-31(40)36-28/h8-14,25-26,33,35,39H,2-7,15-23H2,1H3,(H,34,41)(H2,36,37,40)/t26-/m0/s1. The van der Waals surface area contributed by atoms with Crippen LogP contribution in [0, 0.1) is 0 Å². The lowest BCUT2D eigenvalue weighted by Crippen LogP contribution is -2.47. The quantitative estimate of drug-likeness (QED) is 0.121. The van der Waals surface area contributed by atoms with Crippen molar-refractivity contribution in [3.05, 3.63) is 52.9 Å². The molecule has 4 rings (SSSR count). The lowest BCUT2D eigenvalue weighted by Gasteiger charge is -2.33. The highest BCUT2D eigenvalue weighted by atomic mass is 16.5. The van der Waals surface area contributed by atoms with Crippen molar-refractivity contribution in [1.29, 1.82) is 0 Å². The van der Waals surface area contributed by atoms with Crippen molar-refractivity contribution >= 4 is 22.8 Å². The fourth-order valence-corrected chi connectivity index (χ4v) is 5.23. The molecule has 1 aliphatic rings. The summed E-state index contributed by atoms with van der Waals surface area (Å²) in [6.07, 6.45) is 8.49. The number of hydrogen-bond acceptors (Lipinski definition) is 7. The van der Waals surface area contributed by atoms with Gasteiger partial charge in [0.2, 0.25) is 0 Å².